The Balaban J connectivity index is 3.92. The molecule has 0 aromatic heterocycles. The van der Waals surface area contributed by atoms with Crippen LogP contribution < -0.4 is 0 Å². The molecule has 82 valence electrons. The summed E-state index contributed by atoms with van der Waals surface area (Å²) in [7, 11) is 0.283. The van der Waals surface area contributed by atoms with Crippen molar-refractivity contribution in [3.8, 4) is 0 Å². The van der Waals surface area contributed by atoms with Gasteiger partial charge < -0.3 is 9.47 Å². The lowest BCUT2D eigenvalue weighted by Crippen LogP contribution is -2.20. The van der Waals surface area contributed by atoms with Crippen molar-refractivity contribution in [2.24, 2.45) is 0 Å². The molecule has 1 atom stereocenters. The van der Waals surface area contributed by atoms with Crippen molar-refractivity contribution in [1.82, 2.24) is 0 Å². The van der Waals surface area contributed by atoms with Crippen LogP contribution in [-0.4, -0.2) is 33.9 Å². The Morgan fingerprint density at radius 2 is 2.00 bits per heavy atom. The van der Waals surface area contributed by atoms with E-state index in [9.17, 15) is 4.79 Å². The fourth-order valence-electron chi connectivity index (χ4n) is 0.823. The highest BCUT2D eigenvalue weighted by molar-refractivity contribution is 6.80. The molecule has 0 heterocycles. The second kappa shape index (κ2) is 5.98. The lowest BCUT2D eigenvalue weighted by atomic mass is 10.4. The minimum Gasteiger partial charge on any atom is -0.457 e. The maximum Gasteiger partial charge on any atom is 0.332 e. The van der Waals surface area contributed by atoms with Gasteiger partial charge >= 0.3 is 5.97 Å². The molecule has 14 heavy (non-hydrogen) atoms. The summed E-state index contributed by atoms with van der Waals surface area (Å²) in [5.74, 6) is -0.319. The Bertz CT molecular complexity index is 206. The molecule has 0 spiro atoms. The fourth-order valence-corrected chi connectivity index (χ4v) is 1.67. The normalized spacial score (nSPS) is 14.4. The number of carbonyl (C=O) groups excluding carboxylic acids is 1. The summed E-state index contributed by atoms with van der Waals surface area (Å²) in [5, 5.41) is 0. The SMILES string of the molecule is COCC(=O)O[C@H](C)/C=C/[Si](C)(C)C. The molecule has 0 bridgehead atoms. The summed E-state index contributed by atoms with van der Waals surface area (Å²) in [4.78, 5) is 11.0. The number of hydrogen-bond donors (Lipinski definition) is 0. The Hall–Kier alpha value is -0.613. The van der Waals surface area contributed by atoms with Crippen molar-refractivity contribution < 1.29 is 14.3 Å². The van der Waals surface area contributed by atoms with Gasteiger partial charge in [-0.05, 0) is 6.92 Å². The van der Waals surface area contributed by atoms with Crippen LogP contribution in [0.15, 0.2) is 11.8 Å². The van der Waals surface area contributed by atoms with E-state index in [4.69, 9.17) is 4.74 Å². The fraction of sp³-hybridized carbons (Fsp3) is 0.700. The molecular weight excluding hydrogens is 196 g/mol. The van der Waals surface area contributed by atoms with Gasteiger partial charge in [0.1, 0.15) is 12.7 Å². The van der Waals surface area contributed by atoms with Crippen molar-refractivity contribution >= 4 is 14.0 Å². The number of hydrogen-bond acceptors (Lipinski definition) is 3. The van der Waals surface area contributed by atoms with E-state index in [0.717, 1.165) is 0 Å². The second-order valence-electron chi connectivity index (χ2n) is 4.35. The Morgan fingerprint density at radius 1 is 1.43 bits per heavy atom. The average Bonchev–Trinajstić information content (AvgIpc) is 2.00. The molecule has 0 amide bonds. The first-order valence-corrected chi connectivity index (χ1v) is 8.30. The van der Waals surface area contributed by atoms with Gasteiger partial charge in [0.25, 0.3) is 0 Å². The Morgan fingerprint density at radius 3 is 2.43 bits per heavy atom. The Labute approximate surface area is 87.1 Å². The van der Waals surface area contributed by atoms with Gasteiger partial charge in [-0.15, -0.1) is 0 Å². The van der Waals surface area contributed by atoms with Crippen molar-refractivity contribution in [1.29, 1.82) is 0 Å². The van der Waals surface area contributed by atoms with E-state index < -0.39 is 8.07 Å². The van der Waals surface area contributed by atoms with Crippen LogP contribution in [0.5, 0.6) is 0 Å². The molecule has 0 N–H and O–H groups in total. The molecular formula is C10H20O3Si. The van der Waals surface area contributed by atoms with Gasteiger partial charge in [-0.1, -0.05) is 31.4 Å². The van der Waals surface area contributed by atoms with E-state index in [1.807, 2.05) is 13.0 Å². The summed E-state index contributed by atoms with van der Waals surface area (Å²) in [6.07, 6.45) is 1.78. The van der Waals surface area contributed by atoms with Crippen LogP contribution >= 0.6 is 0 Å². The van der Waals surface area contributed by atoms with Crippen LogP contribution in [0.2, 0.25) is 19.6 Å². The topological polar surface area (TPSA) is 35.5 Å². The molecule has 0 aromatic rings. The summed E-state index contributed by atoms with van der Waals surface area (Å²) >= 11 is 0. The minimum absolute atomic E-state index is 0.0190. The number of methoxy groups -OCH3 is 1. The highest BCUT2D eigenvalue weighted by Gasteiger charge is 2.10. The van der Waals surface area contributed by atoms with E-state index in [1.54, 1.807) is 0 Å². The van der Waals surface area contributed by atoms with Crippen LogP contribution in [0.3, 0.4) is 0 Å². The van der Waals surface area contributed by atoms with Crippen LogP contribution in [0.25, 0.3) is 0 Å². The summed E-state index contributed by atoms with van der Waals surface area (Å²) in [6.45, 7) is 8.56. The number of rotatable bonds is 5. The van der Waals surface area contributed by atoms with E-state index in [0.29, 0.717) is 0 Å². The maximum atomic E-state index is 11.0. The molecule has 0 aliphatic rings. The van der Waals surface area contributed by atoms with Crippen molar-refractivity contribution in [2.45, 2.75) is 32.7 Å². The van der Waals surface area contributed by atoms with Crippen LogP contribution in [0.4, 0.5) is 0 Å². The summed E-state index contributed by atoms with van der Waals surface area (Å²) in [6, 6.07) is 0. The van der Waals surface area contributed by atoms with Gasteiger partial charge in [0, 0.05) is 7.11 Å². The highest BCUT2D eigenvalue weighted by atomic mass is 28.3. The number of carbonyl (C=O) groups is 1. The maximum absolute atomic E-state index is 11.0. The van der Waals surface area contributed by atoms with Crippen LogP contribution in [0.1, 0.15) is 6.92 Å². The van der Waals surface area contributed by atoms with E-state index in [-0.39, 0.29) is 18.7 Å². The van der Waals surface area contributed by atoms with E-state index in [2.05, 4.69) is 30.1 Å². The third kappa shape index (κ3) is 8.01. The first-order valence-electron chi connectivity index (χ1n) is 4.73. The zero-order valence-corrected chi connectivity index (χ0v) is 10.7. The first kappa shape index (κ1) is 13.4. The lowest BCUT2D eigenvalue weighted by Gasteiger charge is -2.12. The number of ether oxygens (including phenoxy) is 2. The van der Waals surface area contributed by atoms with Crippen molar-refractivity contribution in [3.63, 3.8) is 0 Å². The number of esters is 1. The Kier molecular flexibility index (Phi) is 5.72. The van der Waals surface area contributed by atoms with E-state index in [1.165, 1.54) is 7.11 Å². The molecule has 0 radical (unpaired) electrons. The molecule has 4 heteroatoms. The molecule has 0 unspecified atom stereocenters. The van der Waals surface area contributed by atoms with Crippen LogP contribution in [-0.2, 0) is 14.3 Å². The summed E-state index contributed by atoms with van der Waals surface area (Å²) < 4.78 is 9.72. The predicted octanol–water partition coefficient (Wildman–Crippen LogP) is 2.00. The molecule has 0 fully saturated rings. The van der Waals surface area contributed by atoms with E-state index >= 15 is 0 Å². The monoisotopic (exact) mass is 216 g/mol. The third-order valence-electron chi connectivity index (χ3n) is 1.45. The van der Waals surface area contributed by atoms with Crippen molar-refractivity contribution in [3.05, 3.63) is 11.8 Å². The van der Waals surface area contributed by atoms with Gasteiger partial charge in [-0.25, -0.2) is 4.79 Å². The smallest absolute Gasteiger partial charge is 0.332 e. The molecule has 3 nitrogen and oxygen atoms in total. The largest absolute Gasteiger partial charge is 0.457 e. The zero-order valence-electron chi connectivity index (χ0n) is 9.66. The summed E-state index contributed by atoms with van der Waals surface area (Å²) in [5.41, 5.74) is 2.16. The van der Waals surface area contributed by atoms with Gasteiger partial charge in [0.05, 0.1) is 8.07 Å². The average molecular weight is 216 g/mol. The highest BCUT2D eigenvalue weighted by Crippen LogP contribution is 2.04. The van der Waals surface area contributed by atoms with Crippen LogP contribution in [0, 0.1) is 0 Å². The first-order chi connectivity index (χ1) is 6.35. The zero-order chi connectivity index (χ0) is 11.2. The molecule has 0 rings (SSSR count). The van der Waals surface area contributed by atoms with Gasteiger partial charge in [-0.3, -0.25) is 0 Å². The van der Waals surface area contributed by atoms with Gasteiger partial charge in [0.2, 0.25) is 0 Å². The van der Waals surface area contributed by atoms with Gasteiger partial charge in [-0.2, -0.15) is 0 Å². The third-order valence-corrected chi connectivity index (χ3v) is 2.64. The molecule has 0 saturated carbocycles. The minimum atomic E-state index is -1.19. The molecule has 0 aliphatic carbocycles. The molecule has 0 saturated heterocycles. The molecule has 0 aliphatic heterocycles. The predicted molar refractivity (Wildman–Crippen MR) is 59.9 cm³/mol. The molecule has 0 aromatic carbocycles. The van der Waals surface area contributed by atoms with Gasteiger partial charge in [0.15, 0.2) is 0 Å². The lowest BCUT2D eigenvalue weighted by molar-refractivity contribution is -0.150. The standard InChI is InChI=1S/C10H20O3Si/c1-9(6-7-14(3,4)5)13-10(11)8-12-2/h6-7,9H,8H2,1-5H3/b7-6+/t9-/m1/s1. The quantitative estimate of drug-likeness (QED) is 0.521. The van der Waals surface area contributed by atoms with Crippen molar-refractivity contribution in [2.75, 3.05) is 13.7 Å². The second-order valence-corrected chi connectivity index (χ2v) is 9.42.